The smallest absolute Gasteiger partial charge is 0.336 e. The molecule has 0 unspecified atom stereocenters. The Morgan fingerprint density at radius 1 is 1.05 bits per heavy atom. The summed E-state index contributed by atoms with van der Waals surface area (Å²) >= 11 is 0. The van der Waals surface area contributed by atoms with Crippen molar-refractivity contribution in [2.75, 3.05) is 39.8 Å². The van der Waals surface area contributed by atoms with Gasteiger partial charge in [-0.15, -0.1) is 5.10 Å². The van der Waals surface area contributed by atoms with E-state index in [-0.39, 0.29) is 5.60 Å². The minimum absolute atomic E-state index is 0.304. The minimum Gasteiger partial charge on any atom is -0.490 e. The van der Waals surface area contributed by atoms with E-state index in [1.165, 1.54) is 75.3 Å². The molecule has 1 aliphatic rings. The number of benzene rings is 1. The molecule has 9 nitrogen and oxygen atoms in total. The van der Waals surface area contributed by atoms with Crippen LogP contribution < -0.4 is 20.4 Å². The van der Waals surface area contributed by atoms with Crippen LogP contribution in [-0.4, -0.2) is 64.9 Å². The van der Waals surface area contributed by atoms with E-state index in [1.807, 2.05) is 6.20 Å². The molecule has 0 saturated carbocycles. The number of fused-ring (bicyclic) bond motifs is 2. The van der Waals surface area contributed by atoms with Crippen LogP contribution in [0.4, 0.5) is 0 Å². The number of aromatic nitrogens is 3. The molecule has 0 aliphatic carbocycles. The van der Waals surface area contributed by atoms with Crippen LogP contribution in [0, 0.1) is 0 Å². The number of rotatable bonds is 17. The predicted octanol–water partition coefficient (Wildman–Crippen LogP) is 5.85. The summed E-state index contributed by atoms with van der Waals surface area (Å²) in [5.41, 5.74) is 2.44. The van der Waals surface area contributed by atoms with E-state index < -0.39 is 5.63 Å². The number of quaternary nitrogens is 1. The molecule has 3 heterocycles. The third-order valence-corrected chi connectivity index (χ3v) is 9.16. The second-order valence-electron chi connectivity index (χ2n) is 12.4. The molecule has 232 valence electrons. The topological polar surface area (TPSA) is 91.4 Å². The third-order valence-electron chi connectivity index (χ3n) is 9.16. The molecule has 42 heavy (non-hydrogen) atoms. The van der Waals surface area contributed by atoms with E-state index in [0.717, 1.165) is 41.6 Å². The zero-order valence-electron chi connectivity index (χ0n) is 26.8. The van der Waals surface area contributed by atoms with Crippen LogP contribution in [0.5, 0.6) is 11.5 Å². The van der Waals surface area contributed by atoms with Crippen LogP contribution in [0.3, 0.4) is 0 Å². The summed E-state index contributed by atoms with van der Waals surface area (Å²) < 4.78 is 20.6. The van der Waals surface area contributed by atoms with Gasteiger partial charge in [0.15, 0.2) is 11.3 Å². The fourth-order valence-electron chi connectivity index (χ4n) is 6.18. The van der Waals surface area contributed by atoms with E-state index in [2.05, 4.69) is 56.3 Å². The van der Waals surface area contributed by atoms with E-state index in [9.17, 15) is 4.79 Å². The highest BCUT2D eigenvalue weighted by molar-refractivity contribution is 5.89. The maximum atomic E-state index is 12.5. The number of ether oxygens (including phenoxy) is 2. The van der Waals surface area contributed by atoms with Crippen LogP contribution in [-0.2, 0) is 19.5 Å². The molecule has 3 aromatic rings. The molecule has 0 radical (unpaired) electrons. The number of hydrogen-bond acceptors (Lipinski definition) is 7. The SMILES string of the molecule is CC[N+](CC)(CC)CCCCCCCCNCc1cn(Cc2cc(=O)oc3c(OC)c4c(cc23)CCC(C)(C)O4)nn1. The molecular formula is C33H52N5O4+. The number of nitrogens with zero attached hydrogens (tertiary/aromatic N) is 4. The lowest BCUT2D eigenvalue weighted by atomic mass is 9.92. The van der Waals surface area contributed by atoms with E-state index in [4.69, 9.17) is 13.9 Å². The van der Waals surface area contributed by atoms with Crippen molar-refractivity contribution >= 4 is 11.0 Å². The first-order chi connectivity index (χ1) is 20.2. The number of aryl methyl sites for hydroxylation is 1. The van der Waals surface area contributed by atoms with Crippen molar-refractivity contribution in [1.29, 1.82) is 0 Å². The van der Waals surface area contributed by atoms with Gasteiger partial charge in [0.1, 0.15) is 5.60 Å². The lowest BCUT2D eigenvalue weighted by Gasteiger charge is -2.35. The lowest BCUT2D eigenvalue weighted by Crippen LogP contribution is -2.48. The molecule has 1 aliphatic heterocycles. The minimum atomic E-state index is -0.428. The molecule has 0 atom stereocenters. The van der Waals surface area contributed by atoms with E-state index in [1.54, 1.807) is 11.8 Å². The summed E-state index contributed by atoms with van der Waals surface area (Å²) in [6.07, 6.45) is 11.5. The number of nitrogens with one attached hydrogen (secondary N) is 1. The Bertz CT molecular complexity index is 1350. The Kier molecular flexibility index (Phi) is 11.1. The fraction of sp³-hybridized carbons (Fsp3) is 0.667. The van der Waals surface area contributed by atoms with Crippen LogP contribution in [0.25, 0.3) is 11.0 Å². The second-order valence-corrected chi connectivity index (χ2v) is 12.4. The van der Waals surface area contributed by atoms with Crippen molar-refractivity contribution in [1.82, 2.24) is 20.3 Å². The number of unbranched alkanes of at least 4 members (excludes halogenated alkanes) is 5. The molecule has 0 spiro atoms. The molecule has 1 aromatic carbocycles. The van der Waals surface area contributed by atoms with Crippen molar-refractivity contribution < 1.29 is 18.4 Å². The van der Waals surface area contributed by atoms with Crippen molar-refractivity contribution in [3.05, 3.63) is 45.6 Å². The van der Waals surface area contributed by atoms with Gasteiger partial charge in [-0.1, -0.05) is 24.5 Å². The molecule has 9 heteroatoms. The van der Waals surface area contributed by atoms with Gasteiger partial charge in [0, 0.05) is 18.0 Å². The van der Waals surface area contributed by atoms with Crippen LogP contribution in [0.1, 0.15) is 96.4 Å². The molecular weight excluding hydrogens is 530 g/mol. The van der Waals surface area contributed by atoms with Gasteiger partial charge in [-0.25, -0.2) is 9.48 Å². The fourth-order valence-corrected chi connectivity index (χ4v) is 6.18. The molecule has 2 aromatic heterocycles. The average Bonchev–Trinajstić information content (AvgIpc) is 3.42. The summed E-state index contributed by atoms with van der Waals surface area (Å²) in [6, 6.07) is 3.60. The van der Waals surface area contributed by atoms with Gasteiger partial charge >= 0.3 is 5.63 Å². The van der Waals surface area contributed by atoms with Crippen molar-refractivity contribution in [2.24, 2.45) is 0 Å². The largest absolute Gasteiger partial charge is 0.490 e. The molecule has 4 rings (SSSR count). The monoisotopic (exact) mass is 582 g/mol. The molecule has 1 N–H and O–H groups in total. The summed E-state index contributed by atoms with van der Waals surface area (Å²) in [5, 5.41) is 13.0. The number of methoxy groups -OCH3 is 1. The Balaban J connectivity index is 1.25. The maximum Gasteiger partial charge on any atom is 0.336 e. The van der Waals surface area contributed by atoms with E-state index >= 15 is 0 Å². The lowest BCUT2D eigenvalue weighted by molar-refractivity contribution is -0.923. The highest BCUT2D eigenvalue weighted by atomic mass is 16.5. The maximum absolute atomic E-state index is 12.5. The van der Waals surface area contributed by atoms with Crippen molar-refractivity contribution in [3.63, 3.8) is 0 Å². The molecule has 0 saturated heterocycles. The van der Waals surface area contributed by atoms with Gasteiger partial charge < -0.3 is 23.7 Å². The Hall–Kier alpha value is -2.91. The molecule has 0 bridgehead atoms. The van der Waals surface area contributed by atoms with Crippen molar-refractivity contribution in [2.45, 2.75) is 105 Å². The molecule has 0 fully saturated rings. The van der Waals surface area contributed by atoms with E-state index in [0.29, 0.717) is 30.2 Å². The van der Waals surface area contributed by atoms with Gasteiger partial charge in [0.25, 0.3) is 0 Å². The second kappa shape index (κ2) is 14.5. The van der Waals surface area contributed by atoms with Crippen molar-refractivity contribution in [3.8, 4) is 11.5 Å². The highest BCUT2D eigenvalue weighted by Gasteiger charge is 2.31. The quantitative estimate of drug-likeness (QED) is 0.121. The highest BCUT2D eigenvalue weighted by Crippen LogP contribution is 2.45. The van der Waals surface area contributed by atoms with Crippen LogP contribution >= 0.6 is 0 Å². The third kappa shape index (κ3) is 7.92. The van der Waals surface area contributed by atoms with Gasteiger partial charge in [0.05, 0.1) is 51.7 Å². The Labute approximate surface area is 251 Å². The summed E-state index contributed by atoms with van der Waals surface area (Å²) in [7, 11) is 1.58. The van der Waals surface area contributed by atoms with Gasteiger partial charge in [-0.05, 0) is 90.5 Å². The number of hydrogen-bond donors (Lipinski definition) is 1. The summed E-state index contributed by atoms with van der Waals surface area (Å²) in [4.78, 5) is 12.5. The Morgan fingerprint density at radius 3 is 2.48 bits per heavy atom. The summed E-state index contributed by atoms with van der Waals surface area (Å²) in [6.45, 7) is 18.2. The Morgan fingerprint density at radius 2 is 1.76 bits per heavy atom. The van der Waals surface area contributed by atoms with Crippen LogP contribution in [0.15, 0.2) is 27.5 Å². The molecule has 0 amide bonds. The van der Waals surface area contributed by atoms with Gasteiger partial charge in [-0.3, -0.25) is 0 Å². The van der Waals surface area contributed by atoms with Gasteiger partial charge in [-0.2, -0.15) is 0 Å². The first-order valence-corrected chi connectivity index (χ1v) is 16.0. The zero-order valence-corrected chi connectivity index (χ0v) is 26.8. The first kappa shape index (κ1) is 32.0. The van der Waals surface area contributed by atoms with Gasteiger partial charge in [0.2, 0.25) is 5.75 Å². The first-order valence-electron chi connectivity index (χ1n) is 16.0. The zero-order chi connectivity index (χ0) is 30.2. The van der Waals surface area contributed by atoms with Crippen LogP contribution in [0.2, 0.25) is 0 Å². The normalized spacial score (nSPS) is 14.6. The standard InChI is InChI=1S/C33H52N5O4/c1-7-38(8-2,9-3)19-15-13-11-10-12-14-18-34-22-27-24-37(36-35-27)23-26-21-29(39)41-31-28(26)20-25-16-17-33(4,5)42-30(25)32(31)40-6/h20-21,24,34H,7-19,22-23H2,1-6H3/q+1. The predicted molar refractivity (Wildman–Crippen MR) is 167 cm³/mol. The summed E-state index contributed by atoms with van der Waals surface area (Å²) in [5.74, 6) is 1.14. The average molecular weight is 583 g/mol.